The second-order valence-electron chi connectivity index (χ2n) is 5.60. The summed E-state index contributed by atoms with van der Waals surface area (Å²) in [5.41, 5.74) is 3.12. The van der Waals surface area contributed by atoms with E-state index in [2.05, 4.69) is 15.5 Å². The Morgan fingerprint density at radius 3 is 2.76 bits per heavy atom. The molecule has 0 spiro atoms. The van der Waals surface area contributed by atoms with Crippen LogP contribution in [0.4, 0.5) is 5.69 Å². The fourth-order valence-electron chi connectivity index (χ4n) is 2.67. The molecule has 1 aliphatic rings. The van der Waals surface area contributed by atoms with Gasteiger partial charge in [0.25, 0.3) is 0 Å². The maximum atomic E-state index is 12.2. The molecule has 1 aromatic rings. The molecule has 1 heterocycles. The molecule has 2 N–H and O–H groups in total. The summed E-state index contributed by atoms with van der Waals surface area (Å²) in [6.45, 7) is 7.54. The molecule has 116 valence electrons. The number of carbonyl (C=O) groups excluding carboxylic acids is 1. The van der Waals surface area contributed by atoms with E-state index in [0.717, 1.165) is 36.4 Å². The monoisotopic (exact) mass is 291 g/mol. The van der Waals surface area contributed by atoms with Crippen LogP contribution < -0.4 is 10.6 Å². The molecule has 0 bridgehead atoms. The van der Waals surface area contributed by atoms with Gasteiger partial charge in [0.15, 0.2) is 0 Å². The van der Waals surface area contributed by atoms with Gasteiger partial charge in [0.05, 0.1) is 19.3 Å². The molecule has 1 saturated heterocycles. The van der Waals surface area contributed by atoms with Gasteiger partial charge < -0.3 is 15.4 Å². The first kappa shape index (κ1) is 15.9. The van der Waals surface area contributed by atoms with E-state index in [1.165, 1.54) is 0 Å². The number of morpholine rings is 1. The van der Waals surface area contributed by atoms with Crippen LogP contribution in [0.2, 0.25) is 0 Å². The summed E-state index contributed by atoms with van der Waals surface area (Å²) in [5, 5.41) is 6.15. The van der Waals surface area contributed by atoms with E-state index < -0.39 is 0 Å². The van der Waals surface area contributed by atoms with E-state index in [1.54, 1.807) is 0 Å². The zero-order valence-corrected chi connectivity index (χ0v) is 13.1. The Hall–Kier alpha value is -1.43. The molecule has 0 saturated carbocycles. The maximum absolute atomic E-state index is 12.2. The molecule has 1 aromatic carbocycles. The number of rotatable bonds is 5. The Kier molecular flexibility index (Phi) is 5.73. The second-order valence-corrected chi connectivity index (χ2v) is 5.60. The van der Waals surface area contributed by atoms with Gasteiger partial charge in [-0.05, 0) is 32.0 Å². The number of aryl methyl sites for hydroxylation is 2. The molecule has 1 amide bonds. The topological polar surface area (TPSA) is 53.6 Å². The van der Waals surface area contributed by atoms with Crippen LogP contribution >= 0.6 is 0 Å². The number of hydrogen-bond acceptors (Lipinski definition) is 4. The first-order valence-corrected chi connectivity index (χ1v) is 7.44. The van der Waals surface area contributed by atoms with Crippen molar-refractivity contribution in [1.82, 2.24) is 10.2 Å². The van der Waals surface area contributed by atoms with Crippen molar-refractivity contribution in [1.29, 1.82) is 0 Å². The maximum Gasteiger partial charge on any atom is 0.238 e. The number of anilines is 1. The van der Waals surface area contributed by atoms with Crippen LogP contribution in [0.5, 0.6) is 0 Å². The summed E-state index contributed by atoms with van der Waals surface area (Å²) < 4.78 is 5.65. The highest BCUT2D eigenvalue weighted by Crippen LogP contribution is 2.19. The van der Waals surface area contributed by atoms with Crippen LogP contribution in [-0.4, -0.2) is 56.7 Å². The summed E-state index contributed by atoms with van der Waals surface area (Å²) in [5.74, 6) is 0.0394. The molecular formula is C16H25N3O2. The van der Waals surface area contributed by atoms with Crippen molar-refractivity contribution in [3.05, 3.63) is 29.3 Å². The summed E-state index contributed by atoms with van der Waals surface area (Å²) in [6.07, 6.45) is 0.164. The number of para-hydroxylation sites is 1. The lowest BCUT2D eigenvalue weighted by atomic mass is 10.1. The van der Waals surface area contributed by atoms with Crippen molar-refractivity contribution >= 4 is 11.6 Å². The first-order chi connectivity index (χ1) is 10.1. The van der Waals surface area contributed by atoms with Crippen molar-refractivity contribution in [2.45, 2.75) is 20.0 Å². The number of hydrogen-bond donors (Lipinski definition) is 2. The van der Waals surface area contributed by atoms with Crippen LogP contribution in [0.15, 0.2) is 18.2 Å². The van der Waals surface area contributed by atoms with Crippen molar-refractivity contribution in [2.75, 3.05) is 45.2 Å². The van der Waals surface area contributed by atoms with E-state index >= 15 is 0 Å². The van der Waals surface area contributed by atoms with Gasteiger partial charge in [0, 0.05) is 25.3 Å². The van der Waals surface area contributed by atoms with E-state index in [4.69, 9.17) is 4.74 Å². The Bertz CT molecular complexity index is 468. The van der Waals surface area contributed by atoms with E-state index in [9.17, 15) is 4.79 Å². The Morgan fingerprint density at radius 1 is 1.38 bits per heavy atom. The Balaban J connectivity index is 1.89. The number of benzene rings is 1. The van der Waals surface area contributed by atoms with Crippen LogP contribution in [-0.2, 0) is 9.53 Å². The number of carbonyl (C=O) groups is 1. The molecule has 0 aliphatic carbocycles. The quantitative estimate of drug-likeness (QED) is 0.855. The molecule has 21 heavy (non-hydrogen) atoms. The highest BCUT2D eigenvalue weighted by Gasteiger charge is 2.21. The van der Waals surface area contributed by atoms with Gasteiger partial charge >= 0.3 is 0 Å². The Labute approximate surface area is 126 Å². The van der Waals surface area contributed by atoms with Crippen molar-refractivity contribution in [3.8, 4) is 0 Å². The molecule has 1 atom stereocenters. The molecule has 1 fully saturated rings. The van der Waals surface area contributed by atoms with Gasteiger partial charge in [-0.15, -0.1) is 0 Å². The molecule has 1 unspecified atom stereocenters. The molecule has 1 aliphatic heterocycles. The summed E-state index contributed by atoms with van der Waals surface area (Å²) in [6, 6.07) is 6.03. The van der Waals surface area contributed by atoms with Gasteiger partial charge in [-0.1, -0.05) is 18.2 Å². The van der Waals surface area contributed by atoms with Crippen LogP contribution in [0.1, 0.15) is 11.1 Å². The highest BCUT2D eigenvalue weighted by molar-refractivity contribution is 5.93. The standard InChI is InChI=1S/C16H25N3O2/c1-12-5-4-6-13(2)16(12)18-15(20)11-19-7-8-21-14(10-19)9-17-3/h4-6,14,17H,7-11H2,1-3H3,(H,18,20). The summed E-state index contributed by atoms with van der Waals surface area (Å²) in [4.78, 5) is 14.4. The minimum atomic E-state index is 0.0394. The zero-order valence-electron chi connectivity index (χ0n) is 13.1. The van der Waals surface area contributed by atoms with E-state index in [1.807, 2.05) is 39.1 Å². The van der Waals surface area contributed by atoms with E-state index in [-0.39, 0.29) is 12.0 Å². The van der Waals surface area contributed by atoms with Crippen LogP contribution in [0.25, 0.3) is 0 Å². The average molecular weight is 291 g/mol. The summed E-state index contributed by atoms with van der Waals surface area (Å²) >= 11 is 0. The third-order valence-corrected chi connectivity index (χ3v) is 3.77. The third kappa shape index (κ3) is 4.52. The van der Waals surface area contributed by atoms with Crippen molar-refractivity contribution in [2.24, 2.45) is 0 Å². The fourth-order valence-corrected chi connectivity index (χ4v) is 2.67. The first-order valence-electron chi connectivity index (χ1n) is 7.44. The van der Waals surface area contributed by atoms with Gasteiger partial charge in [0.1, 0.15) is 0 Å². The molecule has 5 nitrogen and oxygen atoms in total. The molecular weight excluding hydrogens is 266 g/mol. The lowest BCUT2D eigenvalue weighted by molar-refractivity contribution is -0.119. The average Bonchev–Trinajstić information content (AvgIpc) is 2.44. The predicted octanol–water partition coefficient (Wildman–Crippen LogP) is 1.16. The largest absolute Gasteiger partial charge is 0.374 e. The SMILES string of the molecule is CNCC1CN(CC(=O)Nc2c(C)cccc2C)CCO1. The normalized spacial score (nSPS) is 19.5. The van der Waals surface area contributed by atoms with Crippen molar-refractivity contribution in [3.63, 3.8) is 0 Å². The van der Waals surface area contributed by atoms with Gasteiger partial charge in [-0.2, -0.15) is 0 Å². The minimum absolute atomic E-state index is 0.0394. The number of nitrogens with one attached hydrogen (secondary N) is 2. The zero-order chi connectivity index (χ0) is 15.2. The minimum Gasteiger partial charge on any atom is -0.374 e. The number of ether oxygens (including phenoxy) is 1. The van der Waals surface area contributed by atoms with Gasteiger partial charge in [-0.25, -0.2) is 0 Å². The molecule has 0 radical (unpaired) electrons. The van der Waals surface area contributed by atoms with Gasteiger partial charge in [0.2, 0.25) is 5.91 Å². The molecule has 2 rings (SSSR count). The lowest BCUT2D eigenvalue weighted by Crippen LogP contribution is -2.48. The highest BCUT2D eigenvalue weighted by atomic mass is 16.5. The number of amides is 1. The fraction of sp³-hybridized carbons (Fsp3) is 0.562. The Morgan fingerprint density at radius 2 is 2.10 bits per heavy atom. The predicted molar refractivity (Wildman–Crippen MR) is 84.7 cm³/mol. The summed E-state index contributed by atoms with van der Waals surface area (Å²) in [7, 11) is 1.91. The second kappa shape index (κ2) is 7.54. The smallest absolute Gasteiger partial charge is 0.238 e. The number of likely N-dealkylation sites (N-methyl/N-ethyl adjacent to an activating group) is 1. The van der Waals surface area contributed by atoms with E-state index in [0.29, 0.717) is 13.2 Å². The third-order valence-electron chi connectivity index (χ3n) is 3.77. The lowest BCUT2D eigenvalue weighted by Gasteiger charge is -2.32. The van der Waals surface area contributed by atoms with Crippen molar-refractivity contribution < 1.29 is 9.53 Å². The molecule has 0 aromatic heterocycles. The molecule has 5 heteroatoms. The number of nitrogens with zero attached hydrogens (tertiary/aromatic N) is 1. The van der Waals surface area contributed by atoms with Crippen LogP contribution in [0.3, 0.4) is 0 Å². The van der Waals surface area contributed by atoms with Gasteiger partial charge in [-0.3, -0.25) is 9.69 Å². The van der Waals surface area contributed by atoms with Crippen LogP contribution in [0, 0.1) is 13.8 Å².